The molecule has 0 fully saturated rings. The molecule has 0 aliphatic carbocycles. The van der Waals surface area contributed by atoms with Crippen molar-refractivity contribution in [1.82, 2.24) is 4.40 Å². The van der Waals surface area contributed by atoms with Gasteiger partial charge in [-0.2, -0.15) is 0 Å². The Balaban J connectivity index is 0.957. The van der Waals surface area contributed by atoms with Gasteiger partial charge in [-0.05, 0) is 99.6 Å². The summed E-state index contributed by atoms with van der Waals surface area (Å²) in [6, 6.07) is 78.5. The lowest BCUT2D eigenvalue weighted by atomic mass is 9.94. The molecule has 0 bridgehead atoms. The molecule has 3 nitrogen and oxygen atoms in total. The molecule has 282 valence electrons. The Morgan fingerprint density at radius 3 is 1.65 bits per heavy atom. The largest absolute Gasteiger partial charge is 0.456 e. The fourth-order valence-electron chi connectivity index (χ4n) is 9.00. The maximum atomic E-state index is 6.41. The number of furan rings is 1. The molecule has 0 N–H and O–H groups in total. The van der Waals surface area contributed by atoms with E-state index in [1.807, 2.05) is 23.5 Å². The van der Waals surface area contributed by atoms with Crippen LogP contribution in [0.2, 0.25) is 0 Å². The Kier molecular flexibility index (Phi) is 8.03. The van der Waals surface area contributed by atoms with E-state index in [9.17, 15) is 0 Å². The number of para-hydroxylation sites is 2. The summed E-state index contributed by atoms with van der Waals surface area (Å²) in [5.41, 5.74) is 17.1. The molecule has 9 aromatic carbocycles. The van der Waals surface area contributed by atoms with Crippen LogP contribution in [0.1, 0.15) is 0 Å². The summed E-state index contributed by atoms with van der Waals surface area (Å²) in [7, 11) is 0. The molecule has 3 heterocycles. The molecule has 0 spiro atoms. The van der Waals surface area contributed by atoms with Crippen molar-refractivity contribution in [3.8, 4) is 44.5 Å². The van der Waals surface area contributed by atoms with Gasteiger partial charge in [-0.25, -0.2) is 0 Å². The number of aromatic nitrogens is 1. The van der Waals surface area contributed by atoms with Crippen LogP contribution in [0.25, 0.3) is 92.4 Å². The lowest BCUT2D eigenvalue weighted by molar-refractivity contribution is 0.669. The van der Waals surface area contributed by atoms with Gasteiger partial charge in [0.05, 0.1) is 15.7 Å². The highest BCUT2D eigenvalue weighted by Crippen LogP contribution is 2.44. The number of anilines is 3. The quantitative estimate of drug-likeness (QED) is 0.160. The van der Waals surface area contributed by atoms with Gasteiger partial charge >= 0.3 is 0 Å². The van der Waals surface area contributed by atoms with E-state index in [2.05, 4.69) is 216 Å². The maximum Gasteiger partial charge on any atom is 0.137 e. The molecule has 0 amide bonds. The Labute approximate surface area is 351 Å². The van der Waals surface area contributed by atoms with Crippen molar-refractivity contribution in [2.45, 2.75) is 0 Å². The van der Waals surface area contributed by atoms with E-state index in [-0.39, 0.29) is 0 Å². The minimum atomic E-state index is 0.868. The average molecular weight is 785 g/mol. The molecule has 4 heteroatoms. The van der Waals surface area contributed by atoms with Crippen LogP contribution >= 0.6 is 11.3 Å². The van der Waals surface area contributed by atoms with E-state index >= 15 is 0 Å². The lowest BCUT2D eigenvalue weighted by Gasteiger charge is -2.26. The minimum absolute atomic E-state index is 0.868. The van der Waals surface area contributed by atoms with Crippen LogP contribution in [-0.4, -0.2) is 4.40 Å². The maximum absolute atomic E-state index is 6.41. The Bertz CT molecular complexity index is 3520. The summed E-state index contributed by atoms with van der Waals surface area (Å²) in [4.78, 5) is 3.60. The molecule has 0 aliphatic heterocycles. The van der Waals surface area contributed by atoms with E-state index < -0.39 is 0 Å². The summed E-state index contributed by atoms with van der Waals surface area (Å²) >= 11 is 1.86. The Morgan fingerprint density at radius 2 is 0.917 bits per heavy atom. The van der Waals surface area contributed by atoms with Crippen molar-refractivity contribution in [2.24, 2.45) is 0 Å². The Hall–Kier alpha value is -7.66. The smallest absolute Gasteiger partial charge is 0.137 e. The summed E-state index contributed by atoms with van der Waals surface area (Å²) in [6.45, 7) is 0. The van der Waals surface area contributed by atoms with Crippen molar-refractivity contribution < 1.29 is 4.42 Å². The normalized spacial score (nSPS) is 11.7. The fourth-order valence-corrected chi connectivity index (χ4v) is 10.2. The van der Waals surface area contributed by atoms with Gasteiger partial charge in [0, 0.05) is 44.9 Å². The molecule has 0 saturated carbocycles. The highest BCUT2D eigenvalue weighted by Gasteiger charge is 2.20. The highest BCUT2D eigenvalue weighted by atomic mass is 32.1. The van der Waals surface area contributed by atoms with Gasteiger partial charge in [-0.15, -0.1) is 11.3 Å². The van der Waals surface area contributed by atoms with Crippen LogP contribution in [0.15, 0.2) is 223 Å². The third-order valence-corrected chi connectivity index (χ3v) is 13.0. The van der Waals surface area contributed by atoms with Gasteiger partial charge in [0.25, 0.3) is 0 Å². The van der Waals surface area contributed by atoms with Gasteiger partial charge in [-0.1, -0.05) is 152 Å². The Morgan fingerprint density at radius 1 is 0.367 bits per heavy atom. The van der Waals surface area contributed by atoms with Crippen molar-refractivity contribution >= 4 is 76.3 Å². The van der Waals surface area contributed by atoms with Crippen LogP contribution in [0.3, 0.4) is 0 Å². The van der Waals surface area contributed by atoms with Gasteiger partial charge in [0.2, 0.25) is 0 Å². The molecular formula is C56H36N2OS. The van der Waals surface area contributed by atoms with Crippen molar-refractivity contribution in [3.63, 3.8) is 0 Å². The van der Waals surface area contributed by atoms with Crippen LogP contribution < -0.4 is 4.90 Å². The summed E-state index contributed by atoms with van der Waals surface area (Å²) in [5.74, 6) is 0. The number of hydrogen-bond acceptors (Lipinski definition) is 3. The SMILES string of the molecule is c1ccc(-c2ccccc2-c2ccc(N(c3ccc(-c4ccc5sc6c(-c7ccccc7)c7ccccc7n6c5c4)cc3)c3ccc4c(c3)oc3ccccc34)cc2)cc1. The molecule has 0 aliphatic rings. The zero-order valence-corrected chi connectivity index (χ0v) is 33.3. The van der Waals surface area contributed by atoms with Crippen molar-refractivity contribution in [3.05, 3.63) is 218 Å². The minimum Gasteiger partial charge on any atom is -0.456 e. The third kappa shape index (κ3) is 5.65. The van der Waals surface area contributed by atoms with E-state index in [0.717, 1.165) is 39.0 Å². The summed E-state index contributed by atoms with van der Waals surface area (Å²) in [5, 5.41) is 3.52. The average Bonchev–Trinajstić information content (AvgIpc) is 3.98. The second-order valence-electron chi connectivity index (χ2n) is 15.3. The van der Waals surface area contributed by atoms with Crippen LogP contribution in [0.4, 0.5) is 17.1 Å². The number of hydrogen-bond donors (Lipinski definition) is 0. The molecule has 3 aromatic heterocycles. The second kappa shape index (κ2) is 14.0. The first kappa shape index (κ1) is 34.4. The first-order chi connectivity index (χ1) is 29.7. The fraction of sp³-hybridized carbons (Fsp3) is 0. The van der Waals surface area contributed by atoms with Gasteiger partial charge in [0.15, 0.2) is 0 Å². The standard InChI is InChI=1S/C56H36N2OS/c1-3-13-38(14-4-1)45-17-7-8-18-46(45)39-25-30-43(31-26-39)57(44-32-33-48-47-19-10-12-22-52(47)59-53(48)36-44)42-28-23-37(24-29-42)41-27-34-54-51(35-41)58-50-21-11-9-20-49(50)55(56(58)60-54)40-15-5-2-6-16-40/h1-36H. The third-order valence-electron chi connectivity index (χ3n) is 11.8. The zero-order valence-electron chi connectivity index (χ0n) is 32.5. The predicted octanol–water partition coefficient (Wildman–Crippen LogP) is 16.3. The second-order valence-corrected chi connectivity index (χ2v) is 16.3. The first-order valence-electron chi connectivity index (χ1n) is 20.3. The van der Waals surface area contributed by atoms with Gasteiger partial charge < -0.3 is 9.32 Å². The molecular weight excluding hydrogens is 749 g/mol. The topological polar surface area (TPSA) is 20.8 Å². The molecule has 12 rings (SSSR count). The first-order valence-corrected chi connectivity index (χ1v) is 21.1. The van der Waals surface area contributed by atoms with E-state index in [1.165, 1.54) is 70.5 Å². The van der Waals surface area contributed by atoms with Gasteiger partial charge in [-0.3, -0.25) is 4.40 Å². The lowest BCUT2D eigenvalue weighted by Crippen LogP contribution is -2.09. The number of thiazole rings is 1. The van der Waals surface area contributed by atoms with E-state index in [0.29, 0.717) is 0 Å². The molecule has 0 saturated heterocycles. The number of rotatable bonds is 7. The van der Waals surface area contributed by atoms with Crippen molar-refractivity contribution in [2.75, 3.05) is 4.90 Å². The van der Waals surface area contributed by atoms with Crippen LogP contribution in [0.5, 0.6) is 0 Å². The highest BCUT2D eigenvalue weighted by molar-refractivity contribution is 7.24. The van der Waals surface area contributed by atoms with Crippen LogP contribution in [-0.2, 0) is 0 Å². The van der Waals surface area contributed by atoms with E-state index in [1.54, 1.807) is 0 Å². The number of nitrogens with zero attached hydrogens (tertiary/aromatic N) is 2. The zero-order chi connectivity index (χ0) is 39.6. The summed E-state index contributed by atoms with van der Waals surface area (Å²) < 4.78 is 10.1. The molecule has 0 atom stereocenters. The van der Waals surface area contributed by atoms with Crippen molar-refractivity contribution in [1.29, 1.82) is 0 Å². The molecule has 0 radical (unpaired) electrons. The molecule has 0 unspecified atom stereocenters. The van der Waals surface area contributed by atoms with Crippen LogP contribution in [0, 0.1) is 0 Å². The summed E-state index contributed by atoms with van der Waals surface area (Å²) in [6.07, 6.45) is 0. The molecule has 60 heavy (non-hydrogen) atoms. The van der Waals surface area contributed by atoms with E-state index in [4.69, 9.17) is 4.42 Å². The molecule has 12 aromatic rings. The number of benzene rings is 9. The monoisotopic (exact) mass is 784 g/mol. The predicted molar refractivity (Wildman–Crippen MR) is 254 cm³/mol. The number of fused-ring (bicyclic) bond motifs is 8. The van der Waals surface area contributed by atoms with Gasteiger partial charge in [0.1, 0.15) is 16.0 Å².